The van der Waals surface area contributed by atoms with Gasteiger partial charge in [-0.15, -0.1) is 0 Å². The lowest BCUT2D eigenvalue weighted by Gasteiger charge is -2.24. The number of aliphatic imine (C=N–C) groups is 1. The molecule has 1 rings (SSSR count). The molecule has 0 aliphatic carbocycles. The molecule has 0 radical (unpaired) electrons. The quantitative estimate of drug-likeness (QED) is 0.331. The monoisotopic (exact) mass is 341 g/mol. The van der Waals surface area contributed by atoms with Gasteiger partial charge in [0.25, 0.3) is 0 Å². The van der Waals surface area contributed by atoms with Crippen molar-refractivity contribution in [3.63, 3.8) is 0 Å². The summed E-state index contributed by atoms with van der Waals surface area (Å²) in [6, 6.07) is 11.1. The smallest absolute Gasteiger partial charge is 0.377 e. The van der Waals surface area contributed by atoms with Gasteiger partial charge in [-0.2, -0.15) is 11.8 Å². The van der Waals surface area contributed by atoms with E-state index in [2.05, 4.69) is 17.1 Å². The van der Waals surface area contributed by atoms with Crippen molar-refractivity contribution in [3.8, 4) is 0 Å². The molecular formula is C16H27NO3SSi. The Kier molecular flexibility index (Phi) is 10.4. The molecule has 6 heteroatoms. The Bertz CT molecular complexity index is 405. The molecule has 0 saturated heterocycles. The van der Waals surface area contributed by atoms with Crippen LogP contribution in [0.1, 0.15) is 18.4 Å². The standard InChI is InChI=1S/C16H27NO3SSi/c1-18-22(19-2,20-3)14-8-13-21-12-7-11-17-15-16-9-5-4-6-10-16/h4-6,9-10,15H,7-8,11-14H2,1-3H3. The van der Waals surface area contributed by atoms with Crippen molar-refractivity contribution in [2.45, 2.75) is 18.9 Å². The molecule has 0 N–H and O–H groups in total. The molecule has 124 valence electrons. The van der Waals surface area contributed by atoms with Gasteiger partial charge in [-0.3, -0.25) is 4.99 Å². The van der Waals surface area contributed by atoms with Crippen molar-refractivity contribution < 1.29 is 13.3 Å². The van der Waals surface area contributed by atoms with E-state index in [-0.39, 0.29) is 0 Å². The molecule has 0 saturated carbocycles. The summed E-state index contributed by atoms with van der Waals surface area (Å²) in [5, 5.41) is 0. The second kappa shape index (κ2) is 11.8. The van der Waals surface area contributed by atoms with Crippen LogP contribution in [0.4, 0.5) is 0 Å². The van der Waals surface area contributed by atoms with Crippen LogP contribution in [-0.4, -0.2) is 54.4 Å². The number of nitrogens with zero attached hydrogens (tertiary/aromatic N) is 1. The van der Waals surface area contributed by atoms with Gasteiger partial charge in [0.1, 0.15) is 0 Å². The van der Waals surface area contributed by atoms with Gasteiger partial charge in [-0.05, 0) is 29.9 Å². The summed E-state index contributed by atoms with van der Waals surface area (Å²) in [5.41, 5.74) is 1.16. The predicted octanol–water partition coefficient (Wildman–Crippen LogP) is 3.50. The molecule has 0 aromatic heterocycles. The average Bonchev–Trinajstić information content (AvgIpc) is 2.58. The lowest BCUT2D eigenvalue weighted by atomic mass is 10.2. The maximum Gasteiger partial charge on any atom is 0.500 e. The minimum Gasteiger partial charge on any atom is -0.377 e. The Morgan fingerprint density at radius 3 is 2.27 bits per heavy atom. The van der Waals surface area contributed by atoms with E-state index < -0.39 is 8.80 Å². The number of thioether (sulfide) groups is 1. The summed E-state index contributed by atoms with van der Waals surface area (Å²) < 4.78 is 16.2. The van der Waals surface area contributed by atoms with Crippen molar-refractivity contribution in [1.82, 2.24) is 0 Å². The average molecular weight is 342 g/mol. The van der Waals surface area contributed by atoms with Gasteiger partial charge < -0.3 is 13.3 Å². The van der Waals surface area contributed by atoms with E-state index in [9.17, 15) is 0 Å². The zero-order valence-electron chi connectivity index (χ0n) is 13.8. The maximum atomic E-state index is 5.40. The molecule has 0 spiro atoms. The molecule has 0 amide bonds. The minimum absolute atomic E-state index is 0.871. The van der Waals surface area contributed by atoms with Crippen LogP contribution in [0.5, 0.6) is 0 Å². The first-order chi connectivity index (χ1) is 10.8. The van der Waals surface area contributed by atoms with Gasteiger partial charge in [-0.1, -0.05) is 30.3 Å². The van der Waals surface area contributed by atoms with Crippen molar-refractivity contribution in [1.29, 1.82) is 0 Å². The normalized spacial score (nSPS) is 12.1. The largest absolute Gasteiger partial charge is 0.500 e. The Labute approximate surface area is 139 Å². The number of rotatable bonds is 12. The lowest BCUT2D eigenvalue weighted by molar-refractivity contribution is 0.123. The number of hydrogen-bond acceptors (Lipinski definition) is 5. The molecule has 1 aromatic rings. The highest BCUT2D eigenvalue weighted by Crippen LogP contribution is 2.17. The molecule has 0 atom stereocenters. The maximum absolute atomic E-state index is 5.40. The van der Waals surface area contributed by atoms with E-state index in [1.54, 1.807) is 21.3 Å². The summed E-state index contributed by atoms with van der Waals surface area (Å²) >= 11 is 1.95. The summed E-state index contributed by atoms with van der Waals surface area (Å²) in [4.78, 5) is 4.45. The summed E-state index contributed by atoms with van der Waals surface area (Å²) in [6.07, 6.45) is 4.11. The first kappa shape index (κ1) is 19.4. The van der Waals surface area contributed by atoms with Crippen LogP contribution in [0.2, 0.25) is 6.04 Å². The second-order valence-corrected chi connectivity index (χ2v) is 9.13. The molecule has 0 heterocycles. The highest BCUT2D eigenvalue weighted by Gasteiger charge is 2.36. The van der Waals surface area contributed by atoms with Gasteiger partial charge in [0.15, 0.2) is 0 Å². The van der Waals surface area contributed by atoms with Gasteiger partial charge >= 0.3 is 8.80 Å². The lowest BCUT2D eigenvalue weighted by Crippen LogP contribution is -2.42. The first-order valence-corrected chi connectivity index (χ1v) is 10.6. The van der Waals surface area contributed by atoms with Gasteiger partial charge in [-0.25, -0.2) is 0 Å². The fraction of sp³-hybridized carbons (Fsp3) is 0.562. The van der Waals surface area contributed by atoms with Gasteiger partial charge in [0, 0.05) is 40.1 Å². The Balaban J connectivity index is 2.03. The minimum atomic E-state index is -2.37. The third-order valence-electron chi connectivity index (χ3n) is 3.32. The Morgan fingerprint density at radius 1 is 1.00 bits per heavy atom. The predicted molar refractivity (Wildman–Crippen MR) is 97.1 cm³/mol. The van der Waals surface area contributed by atoms with Crippen LogP contribution >= 0.6 is 11.8 Å². The summed E-state index contributed by atoms with van der Waals surface area (Å²) in [7, 11) is 2.62. The van der Waals surface area contributed by atoms with Crippen molar-refractivity contribution in [2.75, 3.05) is 39.4 Å². The summed E-state index contributed by atoms with van der Waals surface area (Å²) in [5.74, 6) is 2.24. The number of benzene rings is 1. The van der Waals surface area contributed by atoms with E-state index in [1.807, 2.05) is 36.2 Å². The van der Waals surface area contributed by atoms with Crippen LogP contribution < -0.4 is 0 Å². The van der Waals surface area contributed by atoms with E-state index in [0.29, 0.717) is 0 Å². The fourth-order valence-electron chi connectivity index (χ4n) is 2.02. The van der Waals surface area contributed by atoms with Crippen LogP contribution in [0.15, 0.2) is 35.3 Å². The highest BCUT2D eigenvalue weighted by atomic mass is 32.2. The Hall–Kier alpha value is -0.663. The molecule has 0 unspecified atom stereocenters. The van der Waals surface area contributed by atoms with Crippen molar-refractivity contribution in [2.24, 2.45) is 4.99 Å². The Morgan fingerprint density at radius 2 is 1.64 bits per heavy atom. The first-order valence-electron chi connectivity index (χ1n) is 7.54. The third kappa shape index (κ3) is 7.55. The molecule has 22 heavy (non-hydrogen) atoms. The fourth-order valence-corrected chi connectivity index (χ4v) is 4.88. The SMILES string of the molecule is CO[Si](CCCSCCCN=Cc1ccccc1)(OC)OC. The number of hydrogen-bond donors (Lipinski definition) is 0. The molecule has 0 fully saturated rings. The van der Waals surface area contributed by atoms with Crippen molar-refractivity contribution in [3.05, 3.63) is 35.9 Å². The van der Waals surface area contributed by atoms with Crippen LogP contribution in [-0.2, 0) is 13.3 Å². The molecule has 0 bridgehead atoms. The van der Waals surface area contributed by atoms with Crippen LogP contribution in [0.3, 0.4) is 0 Å². The van der Waals surface area contributed by atoms with E-state index in [0.717, 1.165) is 42.5 Å². The molecular weight excluding hydrogens is 314 g/mol. The molecule has 4 nitrogen and oxygen atoms in total. The van der Waals surface area contributed by atoms with Crippen molar-refractivity contribution >= 4 is 26.8 Å². The third-order valence-corrected chi connectivity index (χ3v) is 7.31. The zero-order chi connectivity index (χ0) is 16.1. The topological polar surface area (TPSA) is 40.0 Å². The van der Waals surface area contributed by atoms with E-state index in [1.165, 1.54) is 0 Å². The molecule has 0 aliphatic rings. The van der Waals surface area contributed by atoms with Crippen LogP contribution in [0, 0.1) is 0 Å². The van der Waals surface area contributed by atoms with E-state index in [4.69, 9.17) is 13.3 Å². The van der Waals surface area contributed by atoms with Gasteiger partial charge in [0.2, 0.25) is 0 Å². The summed E-state index contributed by atoms with van der Waals surface area (Å²) in [6.45, 7) is 0.884. The second-order valence-electron chi connectivity index (χ2n) is 4.81. The zero-order valence-corrected chi connectivity index (χ0v) is 15.6. The van der Waals surface area contributed by atoms with E-state index >= 15 is 0 Å². The van der Waals surface area contributed by atoms with Crippen LogP contribution in [0.25, 0.3) is 0 Å². The highest BCUT2D eigenvalue weighted by molar-refractivity contribution is 7.99. The molecule has 1 aromatic carbocycles. The van der Waals surface area contributed by atoms with Gasteiger partial charge in [0.05, 0.1) is 0 Å². The molecule has 0 aliphatic heterocycles.